The normalized spacial score (nSPS) is 12.7. The summed E-state index contributed by atoms with van der Waals surface area (Å²) in [6, 6.07) is 4.96. The number of hydrogen-bond acceptors (Lipinski definition) is 3. The smallest absolute Gasteiger partial charge is 0.108 e. The van der Waals surface area contributed by atoms with E-state index in [2.05, 4.69) is 46.5 Å². The summed E-state index contributed by atoms with van der Waals surface area (Å²) >= 11 is 1.86. The molecule has 0 aliphatic carbocycles. The summed E-state index contributed by atoms with van der Waals surface area (Å²) in [4.78, 5) is 5.88. The second kappa shape index (κ2) is 7.46. The van der Waals surface area contributed by atoms with Crippen molar-refractivity contribution < 1.29 is 0 Å². The first-order chi connectivity index (χ1) is 9.29. The van der Waals surface area contributed by atoms with Gasteiger partial charge in [-0.3, -0.25) is 0 Å². The minimum absolute atomic E-state index is 0.594. The molecule has 0 aliphatic rings. The van der Waals surface area contributed by atoms with Crippen molar-refractivity contribution in [2.45, 2.75) is 38.1 Å². The van der Waals surface area contributed by atoms with Crippen LogP contribution in [0.15, 0.2) is 29.9 Å². The van der Waals surface area contributed by atoms with Crippen LogP contribution in [0.25, 0.3) is 0 Å². The molecular weight excluding hydrogens is 254 g/mol. The molecule has 2 rings (SSSR count). The molecule has 0 amide bonds. The number of nitrogens with zero attached hydrogens (tertiary/aromatic N) is 2. The maximum atomic E-state index is 4.38. The minimum Gasteiger partial charge on any atom is -0.338 e. The predicted octanol–water partition coefficient (Wildman–Crippen LogP) is 3.03. The van der Waals surface area contributed by atoms with Gasteiger partial charge in [-0.1, -0.05) is 6.07 Å². The topological polar surface area (TPSA) is 29.9 Å². The molecular formula is C15H23N3S. The zero-order valence-corrected chi connectivity index (χ0v) is 12.6. The van der Waals surface area contributed by atoms with Gasteiger partial charge in [0.05, 0.1) is 0 Å². The Morgan fingerprint density at radius 1 is 1.37 bits per heavy atom. The third-order valence-corrected chi connectivity index (χ3v) is 4.54. The molecule has 2 heterocycles. The summed E-state index contributed by atoms with van der Waals surface area (Å²) < 4.78 is 2.11. The van der Waals surface area contributed by atoms with Crippen LogP contribution >= 0.6 is 11.3 Å². The third-order valence-electron chi connectivity index (χ3n) is 3.60. The number of hydrogen-bond donors (Lipinski definition) is 1. The highest BCUT2D eigenvalue weighted by Crippen LogP contribution is 2.14. The van der Waals surface area contributed by atoms with E-state index in [4.69, 9.17) is 0 Å². The van der Waals surface area contributed by atoms with Gasteiger partial charge in [-0.15, -0.1) is 11.3 Å². The lowest BCUT2D eigenvalue weighted by Gasteiger charge is -2.15. The van der Waals surface area contributed by atoms with E-state index in [9.17, 15) is 0 Å². The van der Waals surface area contributed by atoms with Gasteiger partial charge in [0, 0.05) is 36.8 Å². The van der Waals surface area contributed by atoms with Crippen molar-refractivity contribution in [3.8, 4) is 0 Å². The quantitative estimate of drug-likeness (QED) is 0.804. The first kappa shape index (κ1) is 14.3. The van der Waals surface area contributed by atoms with E-state index in [0.717, 1.165) is 12.8 Å². The molecule has 0 aromatic carbocycles. The van der Waals surface area contributed by atoms with Gasteiger partial charge in [0.2, 0.25) is 0 Å². The van der Waals surface area contributed by atoms with Crippen LogP contribution in [0.3, 0.4) is 0 Å². The maximum absolute atomic E-state index is 4.38. The van der Waals surface area contributed by atoms with Crippen molar-refractivity contribution >= 4 is 11.3 Å². The number of aryl methyl sites for hydroxylation is 3. The first-order valence-electron chi connectivity index (χ1n) is 6.95. The summed E-state index contributed by atoms with van der Waals surface area (Å²) in [6.45, 7) is 0. The van der Waals surface area contributed by atoms with Crippen LogP contribution in [0.1, 0.15) is 30.0 Å². The van der Waals surface area contributed by atoms with Crippen molar-refractivity contribution in [3.63, 3.8) is 0 Å². The van der Waals surface area contributed by atoms with Gasteiger partial charge in [-0.2, -0.15) is 0 Å². The molecule has 0 bridgehead atoms. The molecule has 1 N–H and O–H groups in total. The van der Waals surface area contributed by atoms with Gasteiger partial charge in [-0.25, -0.2) is 4.98 Å². The van der Waals surface area contributed by atoms with Gasteiger partial charge < -0.3 is 9.88 Å². The molecule has 3 nitrogen and oxygen atoms in total. The number of thiophene rings is 1. The van der Waals surface area contributed by atoms with Crippen LogP contribution in [-0.4, -0.2) is 22.6 Å². The highest BCUT2D eigenvalue weighted by molar-refractivity contribution is 7.09. The molecule has 0 spiro atoms. The molecule has 0 saturated heterocycles. The Morgan fingerprint density at radius 2 is 2.26 bits per heavy atom. The molecule has 0 saturated carbocycles. The predicted molar refractivity (Wildman–Crippen MR) is 81.6 cm³/mol. The van der Waals surface area contributed by atoms with Gasteiger partial charge in [-0.05, 0) is 44.2 Å². The van der Waals surface area contributed by atoms with Crippen LogP contribution in [0.2, 0.25) is 0 Å². The minimum atomic E-state index is 0.594. The Balaban J connectivity index is 1.69. The molecule has 0 radical (unpaired) electrons. The fraction of sp³-hybridized carbons (Fsp3) is 0.533. The Labute approximate surface area is 119 Å². The molecule has 0 fully saturated rings. The van der Waals surface area contributed by atoms with Crippen molar-refractivity contribution in [2.24, 2.45) is 7.05 Å². The molecule has 1 unspecified atom stereocenters. The van der Waals surface area contributed by atoms with Crippen molar-refractivity contribution in [1.29, 1.82) is 0 Å². The summed E-state index contributed by atoms with van der Waals surface area (Å²) in [6.07, 6.45) is 9.80. The van der Waals surface area contributed by atoms with Gasteiger partial charge >= 0.3 is 0 Å². The lowest BCUT2D eigenvalue weighted by atomic mass is 10.0. The van der Waals surface area contributed by atoms with E-state index in [1.807, 2.05) is 23.7 Å². The Kier molecular flexibility index (Phi) is 5.61. The van der Waals surface area contributed by atoms with E-state index in [0.29, 0.717) is 6.04 Å². The zero-order chi connectivity index (χ0) is 13.5. The molecule has 104 valence electrons. The number of nitrogens with one attached hydrogen (secondary N) is 1. The molecule has 0 aliphatic heterocycles. The van der Waals surface area contributed by atoms with Gasteiger partial charge in [0.1, 0.15) is 5.82 Å². The van der Waals surface area contributed by atoms with E-state index in [1.54, 1.807) is 0 Å². The second-order valence-electron chi connectivity index (χ2n) is 4.95. The second-order valence-corrected chi connectivity index (χ2v) is 5.98. The highest BCUT2D eigenvalue weighted by atomic mass is 32.1. The van der Waals surface area contributed by atoms with E-state index in [-0.39, 0.29) is 0 Å². The Bertz CT molecular complexity index is 461. The Morgan fingerprint density at radius 3 is 2.89 bits per heavy atom. The summed E-state index contributed by atoms with van der Waals surface area (Å²) in [5.74, 6) is 1.18. The van der Waals surface area contributed by atoms with Gasteiger partial charge in [0.25, 0.3) is 0 Å². The summed E-state index contributed by atoms with van der Waals surface area (Å²) in [5.41, 5.74) is 0. The molecule has 19 heavy (non-hydrogen) atoms. The highest BCUT2D eigenvalue weighted by Gasteiger charge is 2.08. The fourth-order valence-corrected chi connectivity index (χ4v) is 3.10. The summed E-state index contributed by atoms with van der Waals surface area (Å²) in [7, 11) is 4.13. The lowest BCUT2D eigenvalue weighted by molar-refractivity contribution is 0.468. The zero-order valence-electron chi connectivity index (χ0n) is 11.8. The molecule has 2 aromatic rings. The maximum Gasteiger partial charge on any atom is 0.108 e. The first-order valence-corrected chi connectivity index (χ1v) is 7.83. The third kappa shape index (κ3) is 4.48. The summed E-state index contributed by atoms with van der Waals surface area (Å²) in [5, 5.41) is 5.59. The van der Waals surface area contributed by atoms with Crippen LogP contribution < -0.4 is 5.32 Å². The number of rotatable bonds is 8. The standard InChI is InChI=1S/C15H23N3S/c1-16-13(5-3-6-14-7-4-12-19-14)8-9-15-17-10-11-18(15)2/h4,7,10-13,16H,3,5-6,8-9H2,1-2H3. The van der Waals surface area contributed by atoms with Gasteiger partial charge in [0.15, 0.2) is 0 Å². The lowest BCUT2D eigenvalue weighted by Crippen LogP contribution is -2.26. The van der Waals surface area contributed by atoms with Crippen LogP contribution in [0, 0.1) is 0 Å². The van der Waals surface area contributed by atoms with Crippen LogP contribution in [-0.2, 0) is 19.9 Å². The van der Waals surface area contributed by atoms with Crippen molar-refractivity contribution in [2.75, 3.05) is 7.05 Å². The average Bonchev–Trinajstić information content (AvgIpc) is 3.05. The van der Waals surface area contributed by atoms with Crippen molar-refractivity contribution in [1.82, 2.24) is 14.9 Å². The largest absolute Gasteiger partial charge is 0.338 e. The van der Waals surface area contributed by atoms with Crippen LogP contribution in [0.5, 0.6) is 0 Å². The molecule has 4 heteroatoms. The van der Waals surface area contributed by atoms with E-state index < -0.39 is 0 Å². The monoisotopic (exact) mass is 277 g/mol. The van der Waals surface area contributed by atoms with E-state index >= 15 is 0 Å². The van der Waals surface area contributed by atoms with E-state index in [1.165, 1.54) is 30.0 Å². The molecule has 2 aromatic heterocycles. The molecule has 1 atom stereocenters. The number of imidazole rings is 1. The fourth-order valence-electron chi connectivity index (χ4n) is 2.35. The Hall–Kier alpha value is -1.13. The SMILES string of the molecule is CNC(CCCc1cccs1)CCc1nccn1C. The van der Waals surface area contributed by atoms with Crippen molar-refractivity contribution in [3.05, 3.63) is 40.6 Å². The number of aromatic nitrogens is 2. The van der Waals surface area contributed by atoms with Crippen LogP contribution in [0.4, 0.5) is 0 Å². The average molecular weight is 277 g/mol.